The number of rotatable bonds is 5. The Morgan fingerprint density at radius 2 is 2.07 bits per heavy atom. The van der Waals surface area contributed by atoms with Gasteiger partial charge in [0.25, 0.3) is 0 Å². The first-order chi connectivity index (χ1) is 7.13. The number of thioether (sulfide) groups is 1. The number of hydrogen-bond acceptors (Lipinski definition) is 5. The molecule has 0 aliphatic carbocycles. The van der Waals surface area contributed by atoms with E-state index in [1.165, 1.54) is 0 Å². The molecule has 84 valence electrons. The summed E-state index contributed by atoms with van der Waals surface area (Å²) in [6.07, 6.45) is 3.41. The van der Waals surface area contributed by atoms with Crippen LogP contribution in [0.1, 0.15) is 26.5 Å². The molecule has 0 saturated carbocycles. The monoisotopic (exact) mass is 226 g/mol. The highest BCUT2D eigenvalue weighted by Crippen LogP contribution is 2.22. The summed E-state index contributed by atoms with van der Waals surface area (Å²) in [6, 6.07) is 0. The number of nitrogens with zero attached hydrogens (tertiary/aromatic N) is 2. The third kappa shape index (κ3) is 4.05. The second kappa shape index (κ2) is 5.92. The van der Waals surface area contributed by atoms with Crippen molar-refractivity contribution in [3.05, 3.63) is 18.1 Å². The van der Waals surface area contributed by atoms with Crippen LogP contribution in [-0.4, -0.2) is 15.2 Å². The average Bonchev–Trinajstić information content (AvgIpc) is 2.26. The second-order valence-electron chi connectivity index (χ2n) is 3.80. The van der Waals surface area contributed by atoms with Crippen LogP contribution in [0.25, 0.3) is 0 Å². The Morgan fingerprint density at radius 1 is 1.33 bits per heavy atom. The predicted octanol–water partition coefficient (Wildman–Crippen LogP) is 2.04. The van der Waals surface area contributed by atoms with E-state index in [1.54, 1.807) is 12.4 Å². The molecule has 1 rings (SSSR count). The third-order valence-electron chi connectivity index (χ3n) is 2.29. The van der Waals surface area contributed by atoms with Crippen molar-refractivity contribution in [3.8, 4) is 0 Å². The lowest BCUT2D eigenvalue weighted by Crippen LogP contribution is -2.09. The van der Waals surface area contributed by atoms with Crippen LogP contribution in [0.2, 0.25) is 0 Å². The van der Waals surface area contributed by atoms with Crippen molar-refractivity contribution in [1.29, 1.82) is 0 Å². The number of nitrogen functional groups attached to an aromatic ring is 1. The zero-order chi connectivity index (χ0) is 11.3. The minimum Gasteiger partial charge on any atom is -0.307 e. The smallest absolute Gasteiger partial charge is 0.158 e. The van der Waals surface area contributed by atoms with Gasteiger partial charge >= 0.3 is 0 Å². The number of hydrogen-bond donors (Lipinski definition) is 2. The zero-order valence-corrected chi connectivity index (χ0v) is 10.2. The second-order valence-corrected chi connectivity index (χ2v) is 5.16. The van der Waals surface area contributed by atoms with Gasteiger partial charge in [0, 0.05) is 11.0 Å². The van der Waals surface area contributed by atoms with Gasteiger partial charge in [-0.05, 0) is 5.92 Å². The summed E-state index contributed by atoms with van der Waals surface area (Å²) in [6.45, 7) is 6.69. The molecule has 5 heteroatoms. The first-order valence-corrected chi connectivity index (χ1v) is 6.07. The molecular weight excluding hydrogens is 208 g/mol. The van der Waals surface area contributed by atoms with Crippen LogP contribution in [0, 0.1) is 5.92 Å². The molecule has 0 amide bonds. The Morgan fingerprint density at radius 3 is 2.53 bits per heavy atom. The van der Waals surface area contributed by atoms with E-state index >= 15 is 0 Å². The molecule has 0 radical (unpaired) electrons. The summed E-state index contributed by atoms with van der Waals surface area (Å²) in [5.41, 5.74) is 3.45. The van der Waals surface area contributed by atoms with E-state index in [1.807, 2.05) is 11.8 Å². The van der Waals surface area contributed by atoms with Gasteiger partial charge in [0.05, 0.1) is 18.1 Å². The molecule has 15 heavy (non-hydrogen) atoms. The van der Waals surface area contributed by atoms with Crippen LogP contribution in [0.4, 0.5) is 5.82 Å². The number of aromatic nitrogens is 2. The molecule has 0 saturated heterocycles. The molecular formula is C10H18N4S. The van der Waals surface area contributed by atoms with Crippen molar-refractivity contribution in [1.82, 2.24) is 9.97 Å². The van der Waals surface area contributed by atoms with E-state index in [9.17, 15) is 0 Å². The lowest BCUT2D eigenvalue weighted by molar-refractivity contribution is 0.642. The highest BCUT2D eigenvalue weighted by molar-refractivity contribution is 7.99. The molecule has 1 unspecified atom stereocenters. The van der Waals surface area contributed by atoms with Crippen LogP contribution < -0.4 is 11.3 Å². The normalized spacial score (nSPS) is 12.9. The molecule has 0 fully saturated rings. The first-order valence-electron chi connectivity index (χ1n) is 5.02. The Balaban J connectivity index is 2.44. The van der Waals surface area contributed by atoms with Gasteiger partial charge in [-0.3, -0.25) is 4.98 Å². The molecule has 1 heterocycles. The van der Waals surface area contributed by atoms with Crippen LogP contribution in [0.5, 0.6) is 0 Å². The minimum atomic E-state index is 0.598. The molecule has 0 bridgehead atoms. The molecule has 1 aromatic rings. The lowest BCUT2D eigenvalue weighted by Gasteiger charge is -2.14. The van der Waals surface area contributed by atoms with E-state index in [2.05, 4.69) is 36.2 Å². The Bertz CT molecular complexity index is 286. The molecule has 0 aliphatic rings. The largest absolute Gasteiger partial charge is 0.307 e. The maximum atomic E-state index is 5.20. The van der Waals surface area contributed by atoms with Gasteiger partial charge in [-0.1, -0.05) is 20.8 Å². The van der Waals surface area contributed by atoms with Crippen LogP contribution >= 0.6 is 11.8 Å². The van der Waals surface area contributed by atoms with Gasteiger partial charge < -0.3 is 5.43 Å². The summed E-state index contributed by atoms with van der Waals surface area (Å²) in [5.74, 6) is 7.39. The predicted molar refractivity (Wildman–Crippen MR) is 65.4 cm³/mol. The fraction of sp³-hybridized carbons (Fsp3) is 0.600. The van der Waals surface area contributed by atoms with E-state index in [-0.39, 0.29) is 0 Å². The van der Waals surface area contributed by atoms with Crippen molar-refractivity contribution in [2.75, 3.05) is 5.43 Å². The summed E-state index contributed by atoms with van der Waals surface area (Å²) < 4.78 is 0. The molecule has 0 aliphatic heterocycles. The van der Waals surface area contributed by atoms with Gasteiger partial charge in [-0.2, -0.15) is 11.8 Å². The summed E-state index contributed by atoms with van der Waals surface area (Å²) in [5, 5.41) is 0.638. The molecule has 3 N–H and O–H groups in total. The van der Waals surface area contributed by atoms with Gasteiger partial charge in [0.2, 0.25) is 0 Å². The number of anilines is 1. The van der Waals surface area contributed by atoms with Crippen LogP contribution in [-0.2, 0) is 5.75 Å². The maximum absolute atomic E-state index is 5.20. The highest BCUT2D eigenvalue weighted by Gasteiger charge is 2.08. The van der Waals surface area contributed by atoms with Crippen molar-refractivity contribution in [2.45, 2.75) is 31.8 Å². The standard InChI is InChI=1S/C10H18N4S/c1-7(2)8(3)15-6-9-4-13-10(14-11)5-12-9/h4-5,7-8H,6,11H2,1-3H3,(H,13,14). The summed E-state index contributed by atoms with van der Waals surface area (Å²) in [7, 11) is 0. The van der Waals surface area contributed by atoms with Gasteiger partial charge in [0.15, 0.2) is 5.82 Å². The van der Waals surface area contributed by atoms with Gasteiger partial charge in [-0.25, -0.2) is 10.8 Å². The highest BCUT2D eigenvalue weighted by atomic mass is 32.2. The lowest BCUT2D eigenvalue weighted by atomic mass is 10.2. The van der Waals surface area contributed by atoms with Crippen molar-refractivity contribution < 1.29 is 0 Å². The summed E-state index contributed by atoms with van der Waals surface area (Å²) in [4.78, 5) is 8.36. The van der Waals surface area contributed by atoms with E-state index in [4.69, 9.17) is 5.84 Å². The molecule has 4 nitrogen and oxygen atoms in total. The van der Waals surface area contributed by atoms with Crippen molar-refractivity contribution >= 4 is 17.6 Å². The Labute approximate surface area is 95.0 Å². The maximum Gasteiger partial charge on any atom is 0.158 e. The van der Waals surface area contributed by atoms with E-state index < -0.39 is 0 Å². The average molecular weight is 226 g/mol. The molecule has 0 aromatic carbocycles. The zero-order valence-electron chi connectivity index (χ0n) is 9.40. The fourth-order valence-corrected chi connectivity index (χ4v) is 1.88. The quantitative estimate of drug-likeness (QED) is 0.594. The number of hydrazine groups is 1. The molecule has 0 spiro atoms. The topological polar surface area (TPSA) is 63.8 Å². The Kier molecular flexibility index (Phi) is 4.84. The van der Waals surface area contributed by atoms with E-state index in [0.29, 0.717) is 17.0 Å². The van der Waals surface area contributed by atoms with Crippen molar-refractivity contribution in [3.63, 3.8) is 0 Å². The summed E-state index contributed by atoms with van der Waals surface area (Å²) >= 11 is 1.90. The number of nitrogens with two attached hydrogens (primary N) is 1. The van der Waals surface area contributed by atoms with E-state index in [0.717, 1.165) is 11.4 Å². The molecule has 1 atom stereocenters. The van der Waals surface area contributed by atoms with Crippen molar-refractivity contribution in [2.24, 2.45) is 11.8 Å². The fourth-order valence-electron chi connectivity index (χ4n) is 0.913. The molecule has 1 aromatic heterocycles. The third-order valence-corrected chi connectivity index (χ3v) is 3.82. The SMILES string of the molecule is CC(C)C(C)SCc1cnc(NN)cn1. The Hall–Kier alpha value is -0.810. The van der Waals surface area contributed by atoms with Crippen LogP contribution in [0.15, 0.2) is 12.4 Å². The first kappa shape index (κ1) is 12.3. The van der Waals surface area contributed by atoms with Crippen LogP contribution in [0.3, 0.4) is 0 Å². The minimum absolute atomic E-state index is 0.598. The van der Waals surface area contributed by atoms with Gasteiger partial charge in [-0.15, -0.1) is 0 Å². The van der Waals surface area contributed by atoms with Gasteiger partial charge in [0.1, 0.15) is 0 Å². The number of nitrogens with one attached hydrogen (secondary N) is 1.